The van der Waals surface area contributed by atoms with E-state index in [1.807, 2.05) is 25.1 Å². The van der Waals surface area contributed by atoms with Crippen LogP contribution in [0.25, 0.3) is 21.1 Å². The van der Waals surface area contributed by atoms with Crippen LogP contribution in [0.15, 0.2) is 84.1 Å². The van der Waals surface area contributed by atoms with Gasteiger partial charge in [0.25, 0.3) is 0 Å². The number of nitrogens with zero attached hydrogens (tertiary/aromatic N) is 6. The molecule has 0 saturated heterocycles. The van der Waals surface area contributed by atoms with Gasteiger partial charge in [0.2, 0.25) is 11.7 Å². The maximum atomic E-state index is 11.4. The Morgan fingerprint density at radius 2 is 1.20 bits per heavy atom. The number of carbonyl (C=O) groups excluding carboxylic acids is 4. The van der Waals surface area contributed by atoms with Gasteiger partial charge in [0, 0.05) is 59.4 Å². The fraction of sp³-hybridized carbons (Fsp3) is 0.158. The molecule has 322 valence electrons. The van der Waals surface area contributed by atoms with E-state index in [9.17, 15) is 24.0 Å². The summed E-state index contributed by atoms with van der Waals surface area (Å²) >= 11 is 26.9. The number of thiazole rings is 2. The molecule has 61 heavy (non-hydrogen) atoms. The minimum Gasteiger partial charge on any atom is -0.476 e. The van der Waals surface area contributed by atoms with Gasteiger partial charge in [0.05, 0.1) is 24.1 Å². The van der Waals surface area contributed by atoms with Crippen molar-refractivity contribution in [3.8, 4) is 21.1 Å². The highest BCUT2D eigenvalue weighted by Gasteiger charge is 2.13. The van der Waals surface area contributed by atoms with Gasteiger partial charge in [0.1, 0.15) is 30.5 Å². The first-order valence-corrected chi connectivity index (χ1v) is 21.4. The number of carboxylic acids is 1. The number of hydrogen-bond acceptors (Lipinski definition) is 16. The second-order valence-corrected chi connectivity index (χ2v) is 14.8. The summed E-state index contributed by atoms with van der Waals surface area (Å²) in [7, 11) is 0. The van der Waals surface area contributed by atoms with Crippen molar-refractivity contribution in [1.29, 1.82) is 0 Å². The summed E-state index contributed by atoms with van der Waals surface area (Å²) in [5, 5.41) is 14.6. The van der Waals surface area contributed by atoms with Crippen LogP contribution in [0.2, 0.25) is 15.5 Å². The van der Waals surface area contributed by atoms with E-state index in [0.29, 0.717) is 43.3 Å². The van der Waals surface area contributed by atoms with Gasteiger partial charge >= 0.3 is 17.9 Å². The average molecular weight is 1020 g/mol. The molecule has 23 heteroatoms. The highest BCUT2D eigenvalue weighted by Crippen LogP contribution is 2.25. The van der Waals surface area contributed by atoms with Gasteiger partial charge in [-0.15, -0.1) is 22.7 Å². The molecule has 6 aromatic rings. The maximum Gasteiger partial charge on any atom is 0.375 e. The lowest BCUT2D eigenvalue weighted by Crippen LogP contribution is -2.17. The van der Waals surface area contributed by atoms with Crippen LogP contribution in [0.5, 0.6) is 0 Å². The highest BCUT2D eigenvalue weighted by atomic mass is 79.9. The third-order valence-corrected chi connectivity index (χ3v) is 9.69. The summed E-state index contributed by atoms with van der Waals surface area (Å²) in [5.41, 5.74) is 14.4. The fourth-order valence-electron chi connectivity index (χ4n) is 3.62. The Labute approximate surface area is 387 Å². The van der Waals surface area contributed by atoms with Crippen LogP contribution in [-0.4, -0.2) is 88.1 Å². The molecule has 6 aromatic heterocycles. The third kappa shape index (κ3) is 19.3. The normalized spacial score (nSPS) is 9.69. The monoisotopic (exact) mass is 1010 g/mol. The molecule has 0 saturated carbocycles. The van der Waals surface area contributed by atoms with Crippen molar-refractivity contribution in [3.05, 3.63) is 128 Å². The van der Waals surface area contributed by atoms with Crippen LogP contribution in [0.3, 0.4) is 0 Å². The third-order valence-electron chi connectivity index (χ3n) is 6.49. The molecule has 5 N–H and O–H groups in total. The number of aromatic nitrogens is 6. The number of primary amides is 1. The van der Waals surface area contributed by atoms with Crippen molar-refractivity contribution in [2.75, 3.05) is 18.5 Å². The Balaban J connectivity index is 0.000000396. The zero-order valence-electron chi connectivity index (χ0n) is 32.1. The number of hydrogen-bond donors (Lipinski definition) is 3. The molecule has 0 radical (unpaired) electrons. The first kappa shape index (κ1) is 51.8. The Morgan fingerprint density at radius 1 is 0.721 bits per heavy atom. The number of thiocarbonyl (C=S) groups is 1. The number of Topliss-reactive ketones (excluding diaryl/α,β-unsaturated/α-hetero) is 1. The molecule has 6 rings (SSSR count). The molecule has 1 amide bonds. The van der Waals surface area contributed by atoms with E-state index in [1.165, 1.54) is 46.4 Å². The first-order chi connectivity index (χ1) is 29.0. The van der Waals surface area contributed by atoms with Crippen molar-refractivity contribution in [1.82, 2.24) is 29.9 Å². The van der Waals surface area contributed by atoms with E-state index in [1.54, 1.807) is 56.0 Å². The lowest BCUT2D eigenvalue weighted by Gasteiger charge is -1.97. The molecular formula is C38H36BrCl3N8O8S3. The van der Waals surface area contributed by atoms with Crippen molar-refractivity contribution in [2.45, 2.75) is 20.8 Å². The minimum atomic E-state index is -1.00. The summed E-state index contributed by atoms with van der Waals surface area (Å²) < 4.78 is 9.24. The number of carbonyl (C=O) groups is 5. The Hall–Kier alpha value is -5.35. The zero-order chi connectivity index (χ0) is 45.5. The van der Waals surface area contributed by atoms with E-state index in [0.717, 1.165) is 27.4 Å². The van der Waals surface area contributed by atoms with Crippen LogP contribution in [0.1, 0.15) is 57.9 Å². The van der Waals surface area contributed by atoms with Gasteiger partial charge in [0.15, 0.2) is 11.4 Å². The number of pyridine rings is 4. The molecule has 16 nitrogen and oxygen atoms in total. The highest BCUT2D eigenvalue weighted by molar-refractivity contribution is 9.09. The second kappa shape index (κ2) is 27.5. The van der Waals surface area contributed by atoms with E-state index in [-0.39, 0.29) is 19.1 Å². The maximum absolute atomic E-state index is 11.4. The zero-order valence-corrected chi connectivity index (χ0v) is 38.4. The number of ether oxygens (including phenoxy) is 2. The molecule has 0 unspecified atom stereocenters. The molecule has 6 heterocycles. The molecule has 0 aliphatic heterocycles. The first-order valence-electron chi connectivity index (χ1n) is 16.9. The molecule has 0 spiro atoms. The number of rotatable bonds is 10. The van der Waals surface area contributed by atoms with E-state index >= 15 is 0 Å². The van der Waals surface area contributed by atoms with Gasteiger partial charge in [-0.2, -0.15) is 0 Å². The van der Waals surface area contributed by atoms with Crippen molar-refractivity contribution in [2.24, 2.45) is 11.5 Å². The molecule has 0 bridgehead atoms. The largest absolute Gasteiger partial charge is 0.476 e. The topological polar surface area (TPSA) is 253 Å². The van der Waals surface area contributed by atoms with Gasteiger partial charge in [-0.3, -0.25) is 14.6 Å². The van der Waals surface area contributed by atoms with E-state index in [2.05, 4.69) is 50.6 Å². The van der Waals surface area contributed by atoms with E-state index < -0.39 is 29.6 Å². The number of aryl methyl sites for hydroxylation is 1. The van der Waals surface area contributed by atoms with Crippen LogP contribution in [0, 0.1) is 6.92 Å². The summed E-state index contributed by atoms with van der Waals surface area (Å²) in [6, 6.07) is 13.7. The van der Waals surface area contributed by atoms with Crippen LogP contribution in [0.4, 0.5) is 0 Å². The molecule has 0 aromatic carbocycles. The Morgan fingerprint density at radius 3 is 1.59 bits per heavy atom. The predicted molar refractivity (Wildman–Crippen MR) is 244 cm³/mol. The number of amides is 1. The van der Waals surface area contributed by atoms with E-state index in [4.69, 9.17) is 68.3 Å². The SMILES string of the molecule is CCOC(=O)C(=O)CBr.CCOC(=O)c1csc(-c2ccc(Cl)nc2)n1.Cc1ccc(-c2nc(C(=O)O)cs2)cn1.NC(=O)c1ccc(Cl)nc1.NC(=S)c1ccc(Cl)nc1.[2HH]. The minimum absolute atomic E-state index is 0. The van der Waals surface area contributed by atoms with Crippen molar-refractivity contribution >= 4 is 120 Å². The van der Waals surface area contributed by atoms with Gasteiger partial charge < -0.3 is 26.0 Å². The van der Waals surface area contributed by atoms with Gasteiger partial charge in [-0.05, 0) is 69.3 Å². The standard InChI is InChI=1S/C11H9ClN2O2S.C10H8N2O2S.C6H5ClN2O.C6H5ClN2S.C5H7BrO3.H2/c1-2-16-11(15)8-6-17-10(14-8)7-3-4-9(12)13-5-7;1-6-2-3-7(4-11-6)9-12-8(5-15-9)10(13)14;2*7-5-2-1-4(3-9-5)6(8)10;1-2-9-5(8)4(7)3-6;/h3-6H,2H2,1H3;2-5H,1H3,(H,13,14);2*1-3H,(H2,8,10);2-3H2,1H3;1H/i;;;;;1+1. The van der Waals surface area contributed by atoms with Crippen LogP contribution < -0.4 is 11.5 Å². The fourth-order valence-corrected chi connectivity index (χ4v) is 5.87. The lowest BCUT2D eigenvalue weighted by atomic mass is 10.3. The number of alkyl halides is 1. The number of aromatic carboxylic acids is 1. The molecule has 0 fully saturated rings. The summed E-state index contributed by atoms with van der Waals surface area (Å²) in [6.07, 6.45) is 6.20. The smallest absolute Gasteiger partial charge is 0.375 e. The molecule has 0 aliphatic rings. The van der Waals surface area contributed by atoms with Crippen molar-refractivity contribution < 1.29 is 40.0 Å². The molecule has 0 aliphatic carbocycles. The number of carboxylic acid groups (broad SMARTS) is 1. The Kier molecular flexibility index (Phi) is 23.3. The Bertz CT molecular complexity index is 2320. The predicted octanol–water partition coefficient (Wildman–Crippen LogP) is 8.21. The van der Waals surface area contributed by atoms with Crippen molar-refractivity contribution in [3.63, 3.8) is 0 Å². The summed E-state index contributed by atoms with van der Waals surface area (Å²) in [4.78, 5) is 77.3. The molecule has 0 atom stereocenters. The summed E-state index contributed by atoms with van der Waals surface area (Å²) in [6.45, 7) is 5.90. The average Bonchev–Trinajstić information content (AvgIpc) is 3.95. The van der Waals surface area contributed by atoms with Gasteiger partial charge in [-0.25, -0.2) is 39.3 Å². The number of nitrogens with two attached hydrogens (primary N) is 2. The quantitative estimate of drug-likeness (QED) is 0.0384. The van der Waals surface area contributed by atoms with Crippen LogP contribution in [-0.2, 0) is 19.1 Å². The van der Waals surface area contributed by atoms with Crippen LogP contribution >= 0.6 is 85.6 Å². The number of ketones is 1. The van der Waals surface area contributed by atoms with Gasteiger partial charge in [-0.1, -0.05) is 63.0 Å². The summed E-state index contributed by atoms with van der Waals surface area (Å²) in [5.74, 6) is -3.22. The second-order valence-electron chi connectivity index (χ2n) is 10.9. The number of esters is 2. The lowest BCUT2D eigenvalue weighted by molar-refractivity contribution is -0.152. The molecular weight excluding hydrogens is 979 g/mol. The number of halogens is 4.